The molecule has 2 aromatic rings. The Morgan fingerprint density at radius 2 is 2.40 bits per heavy atom. The van der Waals surface area contributed by atoms with E-state index in [0.717, 1.165) is 11.3 Å². The van der Waals surface area contributed by atoms with Crippen LogP contribution in [0.4, 0.5) is 0 Å². The molecule has 0 aliphatic carbocycles. The Morgan fingerprint density at radius 3 is 3.15 bits per heavy atom. The average molecular weight is 296 g/mol. The Morgan fingerprint density at radius 1 is 1.55 bits per heavy atom. The van der Waals surface area contributed by atoms with Gasteiger partial charge in [-0.2, -0.15) is 0 Å². The Bertz CT molecular complexity index is 615. The van der Waals surface area contributed by atoms with Crippen LogP contribution in [-0.2, 0) is 11.3 Å². The van der Waals surface area contributed by atoms with Crippen LogP contribution < -0.4 is 5.32 Å². The van der Waals surface area contributed by atoms with E-state index in [0.29, 0.717) is 31.1 Å². The molecule has 1 fully saturated rings. The van der Waals surface area contributed by atoms with Gasteiger partial charge in [-0.15, -0.1) is 0 Å². The third-order valence-corrected chi connectivity index (χ3v) is 4.09. The molecule has 1 aliphatic heterocycles. The lowest BCUT2D eigenvalue weighted by Gasteiger charge is -2.26. The van der Waals surface area contributed by atoms with Gasteiger partial charge in [-0.05, 0) is 19.1 Å². The van der Waals surface area contributed by atoms with Crippen LogP contribution in [0.5, 0.6) is 0 Å². The molecule has 0 spiro atoms. The molecule has 2 N–H and O–H groups in total. The highest BCUT2D eigenvalue weighted by Crippen LogP contribution is 2.24. The van der Waals surface area contributed by atoms with Crippen LogP contribution in [0.2, 0.25) is 5.02 Å². The molecule has 20 heavy (non-hydrogen) atoms. The third kappa shape index (κ3) is 2.67. The summed E-state index contributed by atoms with van der Waals surface area (Å²) in [5.74, 6) is 0. The molecule has 3 rings (SSSR count). The van der Waals surface area contributed by atoms with Crippen LogP contribution in [0.1, 0.15) is 19.0 Å². The summed E-state index contributed by atoms with van der Waals surface area (Å²) in [4.78, 5) is 4.49. The largest absolute Gasteiger partial charge is 0.386 e. The Balaban J connectivity index is 1.62. The number of aliphatic hydroxyl groups is 1. The summed E-state index contributed by atoms with van der Waals surface area (Å²) in [5, 5.41) is 14.3. The first-order valence-electron chi connectivity index (χ1n) is 6.75. The van der Waals surface area contributed by atoms with Crippen LogP contribution in [0.25, 0.3) is 5.65 Å². The van der Waals surface area contributed by atoms with Crippen molar-refractivity contribution in [1.29, 1.82) is 0 Å². The normalized spacial score (nSPS) is 26.4. The number of hydrogen-bond acceptors (Lipinski definition) is 4. The van der Waals surface area contributed by atoms with Gasteiger partial charge in [0.05, 0.1) is 16.8 Å². The molecule has 0 amide bonds. The summed E-state index contributed by atoms with van der Waals surface area (Å²) < 4.78 is 7.31. The molecule has 2 atom stereocenters. The van der Waals surface area contributed by atoms with E-state index in [1.165, 1.54) is 0 Å². The first kappa shape index (κ1) is 13.8. The Hall–Kier alpha value is -1.14. The lowest BCUT2D eigenvalue weighted by Crippen LogP contribution is -2.45. The van der Waals surface area contributed by atoms with Crippen molar-refractivity contribution < 1.29 is 9.84 Å². The highest BCUT2D eigenvalue weighted by molar-refractivity contribution is 6.30. The molecule has 2 unspecified atom stereocenters. The van der Waals surface area contributed by atoms with Gasteiger partial charge < -0.3 is 19.6 Å². The molecule has 0 saturated carbocycles. The van der Waals surface area contributed by atoms with Gasteiger partial charge in [-0.1, -0.05) is 11.6 Å². The van der Waals surface area contributed by atoms with Crippen LogP contribution in [0.3, 0.4) is 0 Å². The minimum Gasteiger partial charge on any atom is -0.386 e. The SMILES string of the molecule is CC1OCCC1(O)CNCc1cn2cc(Cl)ccc2n1. The second-order valence-electron chi connectivity index (χ2n) is 5.32. The number of nitrogens with one attached hydrogen (secondary N) is 1. The topological polar surface area (TPSA) is 58.8 Å². The van der Waals surface area contributed by atoms with Crippen molar-refractivity contribution in [1.82, 2.24) is 14.7 Å². The van der Waals surface area contributed by atoms with Crippen molar-refractivity contribution in [2.75, 3.05) is 13.2 Å². The van der Waals surface area contributed by atoms with Gasteiger partial charge in [-0.3, -0.25) is 0 Å². The zero-order chi connectivity index (χ0) is 14.2. The monoisotopic (exact) mass is 295 g/mol. The fourth-order valence-corrected chi connectivity index (χ4v) is 2.68. The van der Waals surface area contributed by atoms with Gasteiger partial charge in [-0.25, -0.2) is 4.98 Å². The highest BCUT2D eigenvalue weighted by Gasteiger charge is 2.38. The fourth-order valence-electron chi connectivity index (χ4n) is 2.51. The molecule has 108 valence electrons. The number of halogens is 1. The molecule has 3 heterocycles. The zero-order valence-corrected chi connectivity index (χ0v) is 12.1. The van der Waals surface area contributed by atoms with Crippen LogP contribution in [0.15, 0.2) is 24.5 Å². The predicted molar refractivity (Wildman–Crippen MR) is 76.9 cm³/mol. The van der Waals surface area contributed by atoms with E-state index in [4.69, 9.17) is 16.3 Å². The standard InChI is InChI=1S/C14H18ClN3O2/c1-10-14(19,4-5-20-10)9-16-6-12-8-18-7-11(15)2-3-13(18)17-12/h2-3,7-8,10,16,19H,4-6,9H2,1H3. The number of ether oxygens (including phenoxy) is 1. The molecule has 1 saturated heterocycles. The van der Waals surface area contributed by atoms with E-state index in [-0.39, 0.29) is 6.10 Å². The number of rotatable bonds is 4. The smallest absolute Gasteiger partial charge is 0.137 e. The maximum Gasteiger partial charge on any atom is 0.137 e. The zero-order valence-electron chi connectivity index (χ0n) is 11.3. The van der Waals surface area contributed by atoms with Gasteiger partial charge in [0.2, 0.25) is 0 Å². The minimum absolute atomic E-state index is 0.130. The van der Waals surface area contributed by atoms with Crippen molar-refractivity contribution in [3.05, 3.63) is 35.2 Å². The van der Waals surface area contributed by atoms with Crippen LogP contribution >= 0.6 is 11.6 Å². The number of fused-ring (bicyclic) bond motifs is 1. The summed E-state index contributed by atoms with van der Waals surface area (Å²) in [7, 11) is 0. The summed E-state index contributed by atoms with van der Waals surface area (Å²) in [6.07, 6.45) is 4.30. The van der Waals surface area contributed by atoms with Gasteiger partial charge in [0.25, 0.3) is 0 Å². The maximum absolute atomic E-state index is 10.4. The lowest BCUT2D eigenvalue weighted by atomic mass is 9.97. The number of imidazole rings is 1. The van der Waals surface area contributed by atoms with Gasteiger partial charge >= 0.3 is 0 Å². The summed E-state index contributed by atoms with van der Waals surface area (Å²) >= 11 is 5.94. The van der Waals surface area contributed by atoms with Crippen LogP contribution in [-0.4, -0.2) is 39.3 Å². The Labute approximate surface area is 122 Å². The molecule has 1 aliphatic rings. The van der Waals surface area contributed by atoms with E-state index < -0.39 is 5.60 Å². The third-order valence-electron chi connectivity index (χ3n) is 3.86. The number of nitrogens with zero attached hydrogens (tertiary/aromatic N) is 2. The van der Waals surface area contributed by atoms with Crippen molar-refractivity contribution >= 4 is 17.2 Å². The average Bonchev–Trinajstić information content (AvgIpc) is 2.94. The number of hydrogen-bond donors (Lipinski definition) is 2. The molecule has 5 nitrogen and oxygen atoms in total. The number of pyridine rings is 1. The van der Waals surface area contributed by atoms with Crippen molar-refractivity contribution in [2.24, 2.45) is 0 Å². The lowest BCUT2D eigenvalue weighted by molar-refractivity contribution is -0.0263. The first-order chi connectivity index (χ1) is 9.57. The highest BCUT2D eigenvalue weighted by atomic mass is 35.5. The van der Waals surface area contributed by atoms with E-state index in [2.05, 4.69) is 10.3 Å². The summed E-state index contributed by atoms with van der Waals surface area (Å²) in [5.41, 5.74) is 1.01. The van der Waals surface area contributed by atoms with E-state index >= 15 is 0 Å². The summed E-state index contributed by atoms with van der Waals surface area (Å²) in [6, 6.07) is 3.70. The minimum atomic E-state index is -0.775. The quantitative estimate of drug-likeness (QED) is 0.900. The van der Waals surface area contributed by atoms with E-state index in [9.17, 15) is 5.11 Å². The molecule has 2 aromatic heterocycles. The van der Waals surface area contributed by atoms with Gasteiger partial charge in [0.15, 0.2) is 0 Å². The molecule has 0 bridgehead atoms. The number of aromatic nitrogens is 2. The van der Waals surface area contributed by atoms with Crippen molar-refractivity contribution in [3.63, 3.8) is 0 Å². The maximum atomic E-state index is 10.4. The van der Waals surface area contributed by atoms with E-state index in [1.54, 1.807) is 0 Å². The predicted octanol–water partition coefficient (Wildman–Crippen LogP) is 1.62. The van der Waals surface area contributed by atoms with Gasteiger partial charge in [0.1, 0.15) is 11.2 Å². The summed E-state index contributed by atoms with van der Waals surface area (Å²) in [6.45, 7) is 3.63. The molecule has 0 radical (unpaired) electrons. The van der Waals surface area contributed by atoms with Crippen molar-refractivity contribution in [2.45, 2.75) is 31.6 Å². The van der Waals surface area contributed by atoms with Gasteiger partial charge in [0, 0.05) is 38.5 Å². The second kappa shape index (κ2) is 5.33. The first-order valence-corrected chi connectivity index (χ1v) is 7.12. The second-order valence-corrected chi connectivity index (χ2v) is 5.75. The van der Waals surface area contributed by atoms with Crippen LogP contribution in [0, 0.1) is 0 Å². The Kier molecular flexibility index (Phi) is 3.69. The van der Waals surface area contributed by atoms with E-state index in [1.807, 2.05) is 35.9 Å². The molecule has 0 aromatic carbocycles. The molecular weight excluding hydrogens is 278 g/mol. The molecule has 6 heteroatoms. The molecular formula is C14H18ClN3O2. The van der Waals surface area contributed by atoms with Crippen molar-refractivity contribution in [3.8, 4) is 0 Å². The fraction of sp³-hybridized carbons (Fsp3) is 0.500.